The van der Waals surface area contributed by atoms with Crippen LogP contribution in [0.1, 0.15) is 25.5 Å². The van der Waals surface area contributed by atoms with Crippen LogP contribution in [0.2, 0.25) is 0 Å². The van der Waals surface area contributed by atoms with Gasteiger partial charge in [-0.1, -0.05) is 19.9 Å². The van der Waals surface area contributed by atoms with E-state index in [4.69, 9.17) is 0 Å². The van der Waals surface area contributed by atoms with Gasteiger partial charge in [0.15, 0.2) is 0 Å². The zero-order valence-corrected chi connectivity index (χ0v) is 9.57. The summed E-state index contributed by atoms with van der Waals surface area (Å²) in [5, 5.41) is 13.2. The predicted molar refractivity (Wildman–Crippen MR) is 64.2 cm³/mol. The molecule has 86 valence electrons. The average Bonchev–Trinajstić information content (AvgIpc) is 2.72. The van der Waals surface area contributed by atoms with Gasteiger partial charge in [-0.25, -0.2) is 4.98 Å². The maximum absolute atomic E-state index is 9.97. The second-order valence-electron chi connectivity index (χ2n) is 4.26. The van der Waals surface area contributed by atoms with E-state index in [-0.39, 0.29) is 0 Å². The SMILES string of the molecule is CC(C)NCC(O)c1ccc2[nH]cnc2c1. The highest BCUT2D eigenvalue weighted by molar-refractivity contribution is 5.75. The van der Waals surface area contributed by atoms with E-state index >= 15 is 0 Å². The van der Waals surface area contributed by atoms with Crippen molar-refractivity contribution in [2.45, 2.75) is 26.0 Å². The van der Waals surface area contributed by atoms with Gasteiger partial charge in [-0.3, -0.25) is 0 Å². The molecule has 0 spiro atoms. The Morgan fingerprint density at radius 3 is 3.00 bits per heavy atom. The standard InChI is InChI=1S/C12H17N3O/c1-8(2)13-6-12(16)9-3-4-10-11(5-9)15-7-14-10/h3-5,7-8,12-13,16H,6H2,1-2H3,(H,14,15). The van der Waals surface area contributed by atoms with E-state index < -0.39 is 6.10 Å². The maximum atomic E-state index is 9.97. The Kier molecular flexibility index (Phi) is 3.22. The van der Waals surface area contributed by atoms with E-state index in [9.17, 15) is 5.11 Å². The van der Waals surface area contributed by atoms with E-state index in [1.807, 2.05) is 18.2 Å². The molecule has 0 saturated carbocycles. The summed E-state index contributed by atoms with van der Waals surface area (Å²) in [6.45, 7) is 4.68. The van der Waals surface area contributed by atoms with E-state index in [0.29, 0.717) is 12.6 Å². The number of fused-ring (bicyclic) bond motifs is 1. The van der Waals surface area contributed by atoms with Crippen molar-refractivity contribution in [1.82, 2.24) is 15.3 Å². The van der Waals surface area contributed by atoms with E-state index in [2.05, 4.69) is 29.1 Å². The van der Waals surface area contributed by atoms with Crippen LogP contribution >= 0.6 is 0 Å². The summed E-state index contributed by atoms with van der Waals surface area (Å²) in [7, 11) is 0. The fourth-order valence-corrected chi connectivity index (χ4v) is 1.62. The molecular formula is C12H17N3O. The number of hydrogen-bond acceptors (Lipinski definition) is 3. The molecule has 0 amide bonds. The van der Waals surface area contributed by atoms with Gasteiger partial charge in [-0.05, 0) is 17.7 Å². The van der Waals surface area contributed by atoms with Crippen molar-refractivity contribution in [1.29, 1.82) is 0 Å². The topological polar surface area (TPSA) is 60.9 Å². The first kappa shape index (κ1) is 11.1. The number of aromatic nitrogens is 2. The van der Waals surface area contributed by atoms with E-state index in [1.54, 1.807) is 6.33 Å². The largest absolute Gasteiger partial charge is 0.387 e. The third kappa shape index (κ3) is 2.40. The van der Waals surface area contributed by atoms with Crippen LogP contribution in [0.25, 0.3) is 11.0 Å². The zero-order chi connectivity index (χ0) is 11.5. The number of nitrogens with zero attached hydrogens (tertiary/aromatic N) is 1. The van der Waals surface area contributed by atoms with Gasteiger partial charge in [0, 0.05) is 12.6 Å². The molecule has 0 aliphatic rings. The summed E-state index contributed by atoms with van der Waals surface area (Å²) < 4.78 is 0. The molecule has 3 N–H and O–H groups in total. The lowest BCUT2D eigenvalue weighted by Gasteiger charge is -2.14. The number of rotatable bonds is 4. The fraction of sp³-hybridized carbons (Fsp3) is 0.417. The number of aliphatic hydroxyl groups is 1. The van der Waals surface area contributed by atoms with Crippen molar-refractivity contribution < 1.29 is 5.11 Å². The molecule has 0 bridgehead atoms. The Labute approximate surface area is 94.7 Å². The maximum Gasteiger partial charge on any atom is 0.0931 e. The van der Waals surface area contributed by atoms with Crippen molar-refractivity contribution in [3.8, 4) is 0 Å². The Bertz CT molecular complexity index is 464. The highest BCUT2D eigenvalue weighted by Crippen LogP contribution is 2.17. The average molecular weight is 219 g/mol. The van der Waals surface area contributed by atoms with Crippen molar-refractivity contribution in [2.24, 2.45) is 0 Å². The van der Waals surface area contributed by atoms with Gasteiger partial charge in [-0.2, -0.15) is 0 Å². The molecule has 0 aliphatic heterocycles. The molecule has 1 aromatic heterocycles. The first-order chi connectivity index (χ1) is 7.66. The smallest absolute Gasteiger partial charge is 0.0931 e. The lowest BCUT2D eigenvalue weighted by molar-refractivity contribution is 0.172. The summed E-state index contributed by atoms with van der Waals surface area (Å²) >= 11 is 0. The quantitative estimate of drug-likeness (QED) is 0.732. The van der Waals surface area contributed by atoms with Crippen LogP contribution < -0.4 is 5.32 Å². The predicted octanol–water partition coefficient (Wildman–Crippen LogP) is 1.59. The molecule has 4 heteroatoms. The Hall–Kier alpha value is -1.39. The molecule has 0 fully saturated rings. The zero-order valence-electron chi connectivity index (χ0n) is 9.57. The fourth-order valence-electron chi connectivity index (χ4n) is 1.62. The summed E-state index contributed by atoms with van der Waals surface area (Å²) in [5.41, 5.74) is 2.78. The normalized spacial score (nSPS) is 13.5. The Balaban J connectivity index is 2.12. The van der Waals surface area contributed by atoms with E-state index in [1.165, 1.54) is 0 Å². The number of aliphatic hydroxyl groups excluding tert-OH is 1. The van der Waals surface area contributed by atoms with Crippen LogP contribution in [-0.4, -0.2) is 27.7 Å². The van der Waals surface area contributed by atoms with Crippen LogP contribution in [-0.2, 0) is 0 Å². The van der Waals surface area contributed by atoms with Crippen LogP contribution in [0.4, 0.5) is 0 Å². The summed E-state index contributed by atoms with van der Waals surface area (Å²) in [5.74, 6) is 0. The minimum Gasteiger partial charge on any atom is -0.387 e. The first-order valence-electron chi connectivity index (χ1n) is 5.51. The molecule has 0 radical (unpaired) electrons. The molecule has 0 saturated heterocycles. The summed E-state index contributed by atoms with van der Waals surface area (Å²) in [6.07, 6.45) is 1.18. The monoisotopic (exact) mass is 219 g/mol. The second-order valence-corrected chi connectivity index (χ2v) is 4.26. The molecule has 1 unspecified atom stereocenters. The lowest BCUT2D eigenvalue weighted by atomic mass is 10.1. The first-order valence-corrected chi connectivity index (χ1v) is 5.51. The third-order valence-electron chi connectivity index (χ3n) is 2.55. The number of imidazole rings is 1. The molecular weight excluding hydrogens is 202 g/mol. The minimum absolute atomic E-state index is 0.378. The lowest BCUT2D eigenvalue weighted by Crippen LogP contribution is -2.27. The molecule has 2 rings (SSSR count). The van der Waals surface area contributed by atoms with Gasteiger partial charge in [0.05, 0.1) is 23.5 Å². The van der Waals surface area contributed by atoms with Crippen molar-refractivity contribution >= 4 is 11.0 Å². The number of benzene rings is 1. The van der Waals surface area contributed by atoms with Gasteiger partial charge in [0.25, 0.3) is 0 Å². The number of hydrogen-bond donors (Lipinski definition) is 3. The minimum atomic E-state index is -0.483. The highest BCUT2D eigenvalue weighted by atomic mass is 16.3. The van der Waals surface area contributed by atoms with Crippen molar-refractivity contribution in [3.05, 3.63) is 30.1 Å². The van der Waals surface area contributed by atoms with Gasteiger partial charge >= 0.3 is 0 Å². The second kappa shape index (κ2) is 4.63. The molecule has 1 heterocycles. The summed E-state index contributed by atoms with van der Waals surface area (Å²) in [6, 6.07) is 6.16. The molecule has 1 atom stereocenters. The molecule has 1 aromatic carbocycles. The molecule has 2 aromatic rings. The van der Waals surface area contributed by atoms with E-state index in [0.717, 1.165) is 16.6 Å². The molecule has 0 aliphatic carbocycles. The Morgan fingerprint density at radius 2 is 2.25 bits per heavy atom. The van der Waals surface area contributed by atoms with Crippen LogP contribution in [0, 0.1) is 0 Å². The van der Waals surface area contributed by atoms with Gasteiger partial charge < -0.3 is 15.4 Å². The number of nitrogens with one attached hydrogen (secondary N) is 2. The van der Waals surface area contributed by atoms with Crippen molar-refractivity contribution in [2.75, 3.05) is 6.54 Å². The van der Waals surface area contributed by atoms with Gasteiger partial charge in [0.2, 0.25) is 0 Å². The Morgan fingerprint density at radius 1 is 1.44 bits per heavy atom. The van der Waals surface area contributed by atoms with Crippen LogP contribution in [0.5, 0.6) is 0 Å². The highest BCUT2D eigenvalue weighted by Gasteiger charge is 2.09. The van der Waals surface area contributed by atoms with Gasteiger partial charge in [-0.15, -0.1) is 0 Å². The van der Waals surface area contributed by atoms with Crippen LogP contribution in [0.3, 0.4) is 0 Å². The van der Waals surface area contributed by atoms with Crippen molar-refractivity contribution in [3.63, 3.8) is 0 Å². The number of aromatic amines is 1. The summed E-state index contributed by atoms with van der Waals surface area (Å²) in [4.78, 5) is 7.20. The van der Waals surface area contributed by atoms with Gasteiger partial charge in [0.1, 0.15) is 0 Å². The molecule has 16 heavy (non-hydrogen) atoms. The number of H-pyrrole nitrogens is 1. The van der Waals surface area contributed by atoms with Crippen LogP contribution in [0.15, 0.2) is 24.5 Å². The third-order valence-corrected chi connectivity index (χ3v) is 2.55. The molecule has 4 nitrogen and oxygen atoms in total.